The maximum Gasteiger partial charge on any atom is 0.178 e. The Hall–Kier alpha value is -1.15. The first-order chi connectivity index (χ1) is 10.1. The second kappa shape index (κ2) is 4.67. The van der Waals surface area contributed by atoms with Gasteiger partial charge in [-0.05, 0) is 85.0 Å². The minimum Gasteiger partial charge on any atom is -0.393 e. The fourth-order valence-electron chi connectivity index (χ4n) is 5.57. The third-order valence-corrected chi connectivity index (χ3v) is 6.78. The van der Waals surface area contributed by atoms with Crippen LogP contribution in [0.25, 0.3) is 0 Å². The van der Waals surface area contributed by atoms with E-state index < -0.39 is 0 Å². The van der Waals surface area contributed by atoms with Gasteiger partial charge in [0.25, 0.3) is 0 Å². The van der Waals surface area contributed by atoms with Crippen LogP contribution in [0.5, 0.6) is 0 Å². The second-order valence-corrected chi connectivity index (χ2v) is 7.60. The maximum absolute atomic E-state index is 11.6. The molecule has 0 aromatic heterocycles. The predicted octanol–water partition coefficient (Wildman–Crippen LogP) is 3.26. The van der Waals surface area contributed by atoms with Crippen molar-refractivity contribution in [1.82, 2.24) is 0 Å². The topological polar surface area (TPSA) is 37.3 Å². The molecule has 2 heteroatoms. The molecule has 3 aliphatic carbocycles. The Morgan fingerprint density at radius 2 is 1.90 bits per heavy atom. The Balaban J connectivity index is 1.75. The molecule has 112 valence electrons. The van der Waals surface area contributed by atoms with Crippen LogP contribution in [0.1, 0.15) is 56.1 Å². The second-order valence-electron chi connectivity index (χ2n) is 7.60. The van der Waals surface area contributed by atoms with E-state index in [4.69, 9.17) is 0 Å². The van der Waals surface area contributed by atoms with E-state index >= 15 is 0 Å². The van der Waals surface area contributed by atoms with Crippen LogP contribution in [0.2, 0.25) is 0 Å². The van der Waals surface area contributed by atoms with Crippen LogP contribution in [0.3, 0.4) is 0 Å². The van der Waals surface area contributed by atoms with Crippen LogP contribution >= 0.6 is 0 Å². The van der Waals surface area contributed by atoms with Gasteiger partial charge in [0.1, 0.15) is 0 Å². The van der Waals surface area contributed by atoms with Crippen LogP contribution in [0, 0.1) is 17.3 Å². The minimum absolute atomic E-state index is 0.107. The van der Waals surface area contributed by atoms with Crippen molar-refractivity contribution in [2.75, 3.05) is 0 Å². The van der Waals surface area contributed by atoms with Crippen molar-refractivity contribution in [1.29, 1.82) is 0 Å². The van der Waals surface area contributed by atoms with Crippen molar-refractivity contribution in [3.8, 4) is 0 Å². The van der Waals surface area contributed by atoms with E-state index in [0.717, 1.165) is 19.3 Å². The Labute approximate surface area is 126 Å². The molecule has 4 rings (SSSR count). The normalized spacial score (nSPS) is 41.0. The molecule has 0 heterocycles. The molecule has 5 atom stereocenters. The summed E-state index contributed by atoms with van der Waals surface area (Å²) in [5.41, 5.74) is 3.04. The predicted molar refractivity (Wildman–Crippen MR) is 83.3 cm³/mol. The van der Waals surface area contributed by atoms with E-state index in [1.165, 1.54) is 30.4 Å². The zero-order valence-electron chi connectivity index (χ0n) is 12.7. The lowest BCUT2D eigenvalue weighted by molar-refractivity contribution is -0.0225. The van der Waals surface area contributed by atoms with Gasteiger partial charge in [0, 0.05) is 0 Å². The summed E-state index contributed by atoms with van der Waals surface area (Å²) in [5, 5.41) is 10.4. The van der Waals surface area contributed by atoms with Crippen LogP contribution in [0.15, 0.2) is 29.1 Å². The highest BCUT2D eigenvalue weighted by Gasteiger charge is 2.54. The van der Waals surface area contributed by atoms with Crippen LogP contribution < -0.4 is 5.43 Å². The number of aliphatic hydroxyl groups is 1. The smallest absolute Gasteiger partial charge is 0.178 e. The highest BCUT2D eigenvalue weighted by Crippen LogP contribution is 2.60. The summed E-state index contributed by atoms with van der Waals surface area (Å²) in [6.07, 6.45) is 6.66. The lowest BCUT2D eigenvalue weighted by Gasteiger charge is -2.49. The van der Waals surface area contributed by atoms with Gasteiger partial charge in [0.2, 0.25) is 0 Å². The molecule has 2 fully saturated rings. The summed E-state index contributed by atoms with van der Waals surface area (Å²) in [4.78, 5) is 11.6. The standard InChI is InChI=1S/C19H24O2/c1-19-11-10-15-14-7-5-13(20)4-2-12(14)3-6-16(15)17(19)8-9-18(19)21/h2,4-5,7,15-18,21H,3,6,8-11H2,1H3/t15-,16-,17+,18+,19+/m1/s1. The lowest BCUT2D eigenvalue weighted by atomic mass is 9.55. The van der Waals surface area contributed by atoms with Crippen LogP contribution in [-0.2, 0) is 6.42 Å². The van der Waals surface area contributed by atoms with Gasteiger partial charge in [-0.1, -0.05) is 19.1 Å². The molecule has 0 amide bonds. The van der Waals surface area contributed by atoms with Crippen LogP contribution in [-0.4, -0.2) is 11.2 Å². The fraction of sp³-hybridized carbons (Fsp3) is 0.632. The van der Waals surface area contributed by atoms with Gasteiger partial charge in [-0.25, -0.2) is 0 Å². The first-order valence-electron chi connectivity index (χ1n) is 8.41. The zero-order chi connectivity index (χ0) is 14.6. The number of hydrogen-bond donors (Lipinski definition) is 1. The largest absolute Gasteiger partial charge is 0.393 e. The van der Waals surface area contributed by atoms with E-state index in [1.807, 2.05) is 6.07 Å². The van der Waals surface area contributed by atoms with Crippen molar-refractivity contribution >= 4 is 0 Å². The average Bonchev–Trinajstić information content (AvgIpc) is 2.66. The van der Waals surface area contributed by atoms with Crippen molar-refractivity contribution in [3.05, 3.63) is 45.6 Å². The quantitative estimate of drug-likeness (QED) is 0.794. The van der Waals surface area contributed by atoms with E-state index in [2.05, 4.69) is 13.0 Å². The molecular formula is C19H24O2. The third kappa shape index (κ3) is 1.92. The van der Waals surface area contributed by atoms with Crippen molar-refractivity contribution in [2.24, 2.45) is 17.3 Å². The molecule has 2 nitrogen and oxygen atoms in total. The monoisotopic (exact) mass is 284 g/mol. The Morgan fingerprint density at radius 1 is 1.10 bits per heavy atom. The molecule has 0 saturated heterocycles. The molecule has 21 heavy (non-hydrogen) atoms. The van der Waals surface area contributed by atoms with Crippen molar-refractivity contribution in [2.45, 2.75) is 57.5 Å². The summed E-state index contributed by atoms with van der Waals surface area (Å²) >= 11 is 0. The molecule has 0 unspecified atom stereocenters. The van der Waals surface area contributed by atoms with Gasteiger partial charge < -0.3 is 5.11 Å². The average molecular weight is 284 g/mol. The highest BCUT2D eigenvalue weighted by atomic mass is 16.3. The molecule has 2 saturated carbocycles. The SMILES string of the molecule is C[C@]12CC[C@@H]3c4ccc(=O)ccc4CC[C@H]3[C@@H]1CC[C@@H]2O. The number of fused-ring (bicyclic) bond motifs is 5. The molecule has 1 aromatic carbocycles. The van der Waals surface area contributed by atoms with E-state index in [0.29, 0.717) is 17.8 Å². The molecular weight excluding hydrogens is 260 g/mol. The van der Waals surface area contributed by atoms with Gasteiger partial charge in [0.05, 0.1) is 6.10 Å². The van der Waals surface area contributed by atoms with Gasteiger partial charge in [-0.2, -0.15) is 0 Å². The van der Waals surface area contributed by atoms with Gasteiger partial charge in [-0.15, -0.1) is 0 Å². The third-order valence-electron chi connectivity index (χ3n) is 6.78. The number of rotatable bonds is 0. The summed E-state index contributed by atoms with van der Waals surface area (Å²) in [7, 11) is 0. The molecule has 0 radical (unpaired) electrons. The molecule has 1 aromatic rings. The first-order valence-corrected chi connectivity index (χ1v) is 8.41. The molecule has 1 N–H and O–H groups in total. The van der Waals surface area contributed by atoms with E-state index in [-0.39, 0.29) is 16.9 Å². The summed E-state index contributed by atoms with van der Waals surface area (Å²) in [5.74, 6) is 1.96. The zero-order valence-corrected chi connectivity index (χ0v) is 12.7. The lowest BCUT2D eigenvalue weighted by Crippen LogP contribution is -2.43. The summed E-state index contributed by atoms with van der Waals surface area (Å²) < 4.78 is 0. The number of hydrogen-bond acceptors (Lipinski definition) is 2. The molecule has 0 spiro atoms. The molecule has 0 aliphatic heterocycles. The van der Waals surface area contributed by atoms with Gasteiger partial charge >= 0.3 is 0 Å². The van der Waals surface area contributed by atoms with E-state index in [9.17, 15) is 9.90 Å². The highest BCUT2D eigenvalue weighted by molar-refractivity contribution is 5.34. The maximum atomic E-state index is 11.6. The van der Waals surface area contributed by atoms with Gasteiger partial charge in [-0.3, -0.25) is 4.79 Å². The Bertz CT molecular complexity index is 623. The van der Waals surface area contributed by atoms with Crippen molar-refractivity contribution < 1.29 is 5.11 Å². The number of aliphatic hydroxyl groups excluding tert-OH is 1. The van der Waals surface area contributed by atoms with E-state index in [1.54, 1.807) is 12.1 Å². The molecule has 3 aliphatic rings. The van der Waals surface area contributed by atoms with Crippen molar-refractivity contribution in [3.63, 3.8) is 0 Å². The first kappa shape index (κ1) is 13.5. The summed E-state index contributed by atoms with van der Waals surface area (Å²) in [6.45, 7) is 2.31. The Kier molecular flexibility index (Phi) is 3.01. The van der Waals surface area contributed by atoms with Gasteiger partial charge in [0.15, 0.2) is 5.43 Å². The Morgan fingerprint density at radius 3 is 2.76 bits per heavy atom. The minimum atomic E-state index is -0.107. The fourth-order valence-corrected chi connectivity index (χ4v) is 5.57. The molecule has 0 bridgehead atoms. The number of aryl methyl sites for hydroxylation is 1. The summed E-state index contributed by atoms with van der Waals surface area (Å²) in [6, 6.07) is 7.58. The van der Waals surface area contributed by atoms with Crippen LogP contribution in [0.4, 0.5) is 0 Å².